The molecular weight excluding hydrogens is 513 g/mol. The molecular formula is C18H16IN3O4S2. The maximum absolute atomic E-state index is 12.4. The third-order valence-electron chi connectivity index (χ3n) is 3.67. The Balaban J connectivity index is 1.70. The number of hydrogen-bond donors (Lipinski definition) is 1. The SMILES string of the molecule is CCC1S/C(=N\N=C\c2cccc(OS(=O)(=O)c3ccc(I)cc3)c2)NC1=O. The largest absolute Gasteiger partial charge is 0.379 e. The Morgan fingerprint density at radius 1 is 1.25 bits per heavy atom. The fourth-order valence-corrected chi connectivity index (χ4v) is 4.43. The number of amidine groups is 1. The number of hydrogen-bond acceptors (Lipinski definition) is 7. The maximum Gasteiger partial charge on any atom is 0.339 e. The van der Waals surface area contributed by atoms with Crippen LogP contribution in [0.4, 0.5) is 0 Å². The highest BCUT2D eigenvalue weighted by molar-refractivity contribution is 14.1. The number of benzene rings is 2. The molecule has 1 amide bonds. The molecule has 0 bridgehead atoms. The molecule has 1 fully saturated rings. The predicted molar refractivity (Wildman–Crippen MR) is 118 cm³/mol. The van der Waals surface area contributed by atoms with E-state index in [2.05, 4.69) is 38.1 Å². The van der Waals surface area contributed by atoms with Crippen LogP contribution in [0.15, 0.2) is 63.6 Å². The zero-order valence-corrected chi connectivity index (χ0v) is 18.5. The summed E-state index contributed by atoms with van der Waals surface area (Å²) in [5.74, 6) is 0.0994. The second-order valence-corrected chi connectivity index (χ2v) is 9.70. The summed E-state index contributed by atoms with van der Waals surface area (Å²) in [7, 11) is -3.92. The van der Waals surface area contributed by atoms with Crippen molar-refractivity contribution in [2.45, 2.75) is 23.5 Å². The number of rotatable bonds is 6. The Morgan fingerprint density at radius 3 is 2.68 bits per heavy atom. The monoisotopic (exact) mass is 529 g/mol. The molecule has 0 aliphatic carbocycles. The van der Waals surface area contributed by atoms with Gasteiger partial charge in [0, 0.05) is 3.57 Å². The van der Waals surface area contributed by atoms with Gasteiger partial charge in [0.05, 0.1) is 11.5 Å². The first-order valence-electron chi connectivity index (χ1n) is 8.26. The summed E-state index contributed by atoms with van der Waals surface area (Å²) in [5, 5.41) is 10.9. The third-order valence-corrected chi connectivity index (χ3v) is 6.89. The Bertz CT molecular complexity index is 1040. The molecule has 1 N–H and O–H groups in total. The van der Waals surface area contributed by atoms with Gasteiger partial charge in [-0.15, -0.1) is 5.10 Å². The van der Waals surface area contributed by atoms with Crippen LogP contribution in [-0.4, -0.2) is 31.0 Å². The minimum Gasteiger partial charge on any atom is -0.379 e. The molecule has 2 aromatic rings. The second-order valence-electron chi connectivity index (χ2n) is 5.72. The van der Waals surface area contributed by atoms with Gasteiger partial charge in [-0.2, -0.15) is 13.5 Å². The van der Waals surface area contributed by atoms with Gasteiger partial charge in [-0.25, -0.2) is 0 Å². The van der Waals surface area contributed by atoms with Gasteiger partial charge in [0.2, 0.25) is 5.91 Å². The van der Waals surface area contributed by atoms with E-state index in [-0.39, 0.29) is 21.8 Å². The quantitative estimate of drug-likeness (QED) is 0.268. The number of amides is 1. The molecule has 1 aliphatic heterocycles. The first-order valence-corrected chi connectivity index (χ1v) is 11.6. The lowest BCUT2D eigenvalue weighted by Crippen LogP contribution is -2.24. The molecule has 1 saturated heterocycles. The molecule has 0 radical (unpaired) electrons. The molecule has 10 heteroatoms. The average Bonchev–Trinajstić information content (AvgIpc) is 3.02. The standard InChI is InChI=1S/C18H16IN3O4S2/c1-2-16-17(23)21-18(27-16)22-20-11-12-4-3-5-14(10-12)26-28(24,25)15-8-6-13(19)7-9-15/h3-11,16H,2H2,1H3,(H,21,22,23)/b20-11+. The van der Waals surface area contributed by atoms with E-state index >= 15 is 0 Å². The molecule has 28 heavy (non-hydrogen) atoms. The van der Waals surface area contributed by atoms with E-state index in [9.17, 15) is 13.2 Å². The van der Waals surface area contributed by atoms with Gasteiger partial charge in [-0.3, -0.25) is 4.79 Å². The van der Waals surface area contributed by atoms with Crippen LogP contribution in [0.25, 0.3) is 0 Å². The van der Waals surface area contributed by atoms with Crippen molar-refractivity contribution >= 4 is 61.8 Å². The summed E-state index contributed by atoms with van der Waals surface area (Å²) in [6.45, 7) is 1.93. The van der Waals surface area contributed by atoms with Gasteiger partial charge in [0.15, 0.2) is 5.17 Å². The second kappa shape index (κ2) is 9.05. The lowest BCUT2D eigenvalue weighted by molar-refractivity contribution is -0.118. The van der Waals surface area contributed by atoms with Crippen molar-refractivity contribution in [3.05, 3.63) is 57.7 Å². The van der Waals surface area contributed by atoms with E-state index in [1.165, 1.54) is 30.1 Å². The molecule has 146 valence electrons. The summed E-state index contributed by atoms with van der Waals surface area (Å²) in [5.41, 5.74) is 0.612. The Labute approximate surface area is 180 Å². The number of thioether (sulfide) groups is 1. The van der Waals surface area contributed by atoms with Gasteiger partial charge in [-0.1, -0.05) is 30.8 Å². The number of nitrogens with zero attached hydrogens (tertiary/aromatic N) is 2. The summed E-state index contributed by atoms with van der Waals surface area (Å²) < 4.78 is 30.9. The smallest absolute Gasteiger partial charge is 0.339 e. The van der Waals surface area contributed by atoms with Crippen molar-refractivity contribution in [3.63, 3.8) is 0 Å². The number of carbonyl (C=O) groups excluding carboxylic acids is 1. The Hall–Kier alpha value is -1.92. The number of carbonyl (C=O) groups is 1. The topological polar surface area (TPSA) is 97.2 Å². The summed E-state index contributed by atoms with van der Waals surface area (Å²) in [4.78, 5) is 11.7. The zero-order valence-electron chi connectivity index (χ0n) is 14.7. The molecule has 2 aromatic carbocycles. The average molecular weight is 529 g/mol. The van der Waals surface area contributed by atoms with Crippen LogP contribution >= 0.6 is 34.4 Å². The van der Waals surface area contributed by atoms with Crippen LogP contribution in [0.1, 0.15) is 18.9 Å². The van der Waals surface area contributed by atoms with Crippen LogP contribution in [0.2, 0.25) is 0 Å². The van der Waals surface area contributed by atoms with Gasteiger partial charge in [-0.05, 0) is 71.0 Å². The van der Waals surface area contributed by atoms with E-state index in [0.717, 1.165) is 3.57 Å². The van der Waals surface area contributed by atoms with Gasteiger partial charge in [0.25, 0.3) is 0 Å². The van der Waals surface area contributed by atoms with Crippen LogP contribution < -0.4 is 9.50 Å². The lowest BCUT2D eigenvalue weighted by Gasteiger charge is -2.07. The van der Waals surface area contributed by atoms with Crippen LogP contribution in [-0.2, 0) is 14.9 Å². The summed E-state index contributed by atoms with van der Waals surface area (Å²) >= 11 is 3.43. The fraction of sp³-hybridized carbons (Fsp3) is 0.167. The molecule has 3 rings (SSSR count). The van der Waals surface area contributed by atoms with E-state index in [4.69, 9.17) is 4.18 Å². The highest BCUT2D eigenvalue weighted by Gasteiger charge is 2.28. The fourth-order valence-electron chi connectivity index (χ4n) is 2.29. The first kappa shape index (κ1) is 20.8. The molecule has 7 nitrogen and oxygen atoms in total. The van der Waals surface area contributed by atoms with Gasteiger partial charge >= 0.3 is 10.1 Å². The van der Waals surface area contributed by atoms with Crippen molar-refractivity contribution < 1.29 is 17.4 Å². The normalized spacial score (nSPS) is 18.6. The van der Waals surface area contributed by atoms with Gasteiger partial charge < -0.3 is 9.50 Å². The molecule has 1 unspecified atom stereocenters. The molecule has 1 aliphatic rings. The van der Waals surface area contributed by atoms with E-state index in [1.54, 1.807) is 36.4 Å². The third kappa shape index (κ3) is 5.32. The van der Waals surface area contributed by atoms with E-state index < -0.39 is 10.1 Å². The van der Waals surface area contributed by atoms with Crippen molar-refractivity contribution in [2.24, 2.45) is 10.2 Å². The highest BCUT2D eigenvalue weighted by atomic mass is 127. The molecule has 0 saturated carbocycles. The molecule has 1 heterocycles. The molecule has 1 atom stereocenters. The van der Waals surface area contributed by atoms with Crippen LogP contribution in [0.5, 0.6) is 5.75 Å². The minimum absolute atomic E-state index is 0.0716. The number of halogens is 1. The van der Waals surface area contributed by atoms with Crippen molar-refractivity contribution in [3.8, 4) is 5.75 Å². The van der Waals surface area contributed by atoms with Crippen molar-refractivity contribution in [2.75, 3.05) is 0 Å². The van der Waals surface area contributed by atoms with Crippen molar-refractivity contribution in [1.82, 2.24) is 5.32 Å². The predicted octanol–water partition coefficient (Wildman–Crippen LogP) is 3.39. The lowest BCUT2D eigenvalue weighted by atomic mass is 10.2. The van der Waals surface area contributed by atoms with Crippen LogP contribution in [0.3, 0.4) is 0 Å². The van der Waals surface area contributed by atoms with E-state index in [1.807, 2.05) is 6.92 Å². The first-order chi connectivity index (χ1) is 13.4. The highest BCUT2D eigenvalue weighted by Crippen LogP contribution is 2.22. The molecule has 0 spiro atoms. The Morgan fingerprint density at radius 2 is 2.00 bits per heavy atom. The van der Waals surface area contributed by atoms with E-state index in [0.29, 0.717) is 17.2 Å². The number of nitrogens with one attached hydrogen (secondary N) is 1. The van der Waals surface area contributed by atoms with Crippen LogP contribution in [0, 0.1) is 3.57 Å². The summed E-state index contributed by atoms with van der Waals surface area (Å²) in [6.07, 6.45) is 2.18. The minimum atomic E-state index is -3.92. The Kier molecular flexibility index (Phi) is 6.73. The maximum atomic E-state index is 12.4. The zero-order chi connectivity index (χ0) is 20.1. The van der Waals surface area contributed by atoms with Gasteiger partial charge in [0.1, 0.15) is 10.6 Å². The summed E-state index contributed by atoms with van der Waals surface area (Å²) in [6, 6.07) is 12.9. The van der Waals surface area contributed by atoms with Crippen molar-refractivity contribution in [1.29, 1.82) is 0 Å². The molecule has 0 aromatic heterocycles.